The number of nitrogens with zero attached hydrogens (tertiary/aromatic N) is 3. The van der Waals surface area contributed by atoms with Crippen LogP contribution in [0.2, 0.25) is 5.02 Å². The first kappa shape index (κ1) is 16.1. The van der Waals surface area contributed by atoms with Crippen LogP contribution in [0.25, 0.3) is 11.3 Å². The van der Waals surface area contributed by atoms with E-state index < -0.39 is 4.92 Å². The highest BCUT2D eigenvalue weighted by molar-refractivity contribution is 7.71. The van der Waals surface area contributed by atoms with Crippen LogP contribution in [0.4, 0.5) is 5.69 Å². The Bertz CT molecular complexity index is 979. The molecule has 0 aliphatic heterocycles. The van der Waals surface area contributed by atoms with Gasteiger partial charge in [0, 0.05) is 11.6 Å². The van der Waals surface area contributed by atoms with Crippen molar-refractivity contribution in [2.24, 2.45) is 5.10 Å². The maximum atomic E-state index is 10.9. The lowest BCUT2D eigenvalue weighted by Crippen LogP contribution is -1.93. The van der Waals surface area contributed by atoms with Gasteiger partial charge in [-0.1, -0.05) is 48.0 Å². The van der Waals surface area contributed by atoms with Crippen LogP contribution in [-0.2, 0) is 0 Å². The number of hydrogen-bond donors (Lipinski definition) is 1. The van der Waals surface area contributed by atoms with Crippen LogP contribution in [0.3, 0.4) is 0 Å². The van der Waals surface area contributed by atoms with Crippen molar-refractivity contribution in [1.29, 1.82) is 0 Å². The summed E-state index contributed by atoms with van der Waals surface area (Å²) >= 11 is 11.0. The predicted octanol–water partition coefficient (Wildman–Crippen LogP) is 4.66. The molecule has 0 saturated heterocycles. The molecule has 0 aliphatic rings. The summed E-state index contributed by atoms with van der Waals surface area (Å²) in [7, 11) is 0. The monoisotopic (exact) mass is 358 g/mol. The van der Waals surface area contributed by atoms with Gasteiger partial charge in [0.2, 0.25) is 0 Å². The molecule has 0 unspecified atom stereocenters. The molecule has 0 saturated carbocycles. The van der Waals surface area contributed by atoms with E-state index in [0.29, 0.717) is 10.3 Å². The summed E-state index contributed by atoms with van der Waals surface area (Å²) in [6, 6.07) is 14.2. The van der Waals surface area contributed by atoms with Gasteiger partial charge in [0.1, 0.15) is 5.02 Å². The summed E-state index contributed by atoms with van der Waals surface area (Å²) < 4.78 is 1.92. The SMILES string of the molecule is O=[N+]([O-])c1cc(C=Nn2cc(-c3ccccc3)[nH]c2=S)ccc1Cl. The summed E-state index contributed by atoms with van der Waals surface area (Å²) in [6.45, 7) is 0. The molecule has 0 fully saturated rings. The fraction of sp³-hybridized carbons (Fsp3) is 0. The molecule has 120 valence electrons. The lowest BCUT2D eigenvalue weighted by atomic mass is 10.2. The minimum atomic E-state index is -0.533. The third-order valence-electron chi connectivity index (χ3n) is 3.28. The van der Waals surface area contributed by atoms with E-state index in [-0.39, 0.29) is 10.7 Å². The third kappa shape index (κ3) is 3.42. The second kappa shape index (κ2) is 6.77. The van der Waals surface area contributed by atoms with Crippen LogP contribution in [0.1, 0.15) is 5.56 Å². The van der Waals surface area contributed by atoms with Crippen LogP contribution >= 0.6 is 23.8 Å². The Morgan fingerprint density at radius 1 is 1.25 bits per heavy atom. The number of nitro groups is 1. The molecule has 0 spiro atoms. The largest absolute Gasteiger partial charge is 0.329 e. The van der Waals surface area contributed by atoms with E-state index in [4.69, 9.17) is 23.8 Å². The first-order valence-electron chi connectivity index (χ1n) is 6.90. The fourth-order valence-corrected chi connectivity index (χ4v) is 2.51. The highest BCUT2D eigenvalue weighted by Crippen LogP contribution is 2.24. The van der Waals surface area contributed by atoms with Crippen molar-refractivity contribution in [2.75, 3.05) is 0 Å². The quantitative estimate of drug-likeness (QED) is 0.319. The second-order valence-corrected chi connectivity index (χ2v) is 5.69. The number of H-pyrrole nitrogens is 1. The van der Waals surface area contributed by atoms with Gasteiger partial charge in [-0.15, -0.1) is 0 Å². The van der Waals surface area contributed by atoms with Crippen molar-refractivity contribution >= 4 is 35.7 Å². The maximum absolute atomic E-state index is 10.9. The van der Waals surface area contributed by atoms with Crippen molar-refractivity contribution in [3.63, 3.8) is 0 Å². The molecule has 1 N–H and O–H groups in total. The number of nitro benzene ring substituents is 1. The summed E-state index contributed by atoms with van der Waals surface area (Å²) in [5, 5.41) is 15.2. The predicted molar refractivity (Wildman–Crippen MR) is 96.2 cm³/mol. The summed E-state index contributed by atoms with van der Waals surface area (Å²) in [4.78, 5) is 13.5. The molecular formula is C16H11ClN4O2S. The number of imidazole rings is 1. The van der Waals surface area contributed by atoms with Crippen molar-refractivity contribution in [2.45, 2.75) is 0 Å². The Hall–Kier alpha value is -2.77. The van der Waals surface area contributed by atoms with Crippen molar-refractivity contribution in [3.05, 3.63) is 80.2 Å². The smallest absolute Gasteiger partial charge is 0.288 e. The Morgan fingerprint density at radius 2 is 2.00 bits per heavy atom. The molecule has 0 atom stereocenters. The highest BCUT2D eigenvalue weighted by Gasteiger charge is 2.11. The Balaban J connectivity index is 1.91. The number of halogens is 1. The molecule has 8 heteroatoms. The summed E-state index contributed by atoms with van der Waals surface area (Å²) in [5.74, 6) is 0. The van der Waals surface area contributed by atoms with Gasteiger partial charge < -0.3 is 4.98 Å². The highest BCUT2D eigenvalue weighted by atomic mass is 35.5. The minimum absolute atomic E-state index is 0.0850. The molecule has 3 aromatic rings. The molecule has 1 heterocycles. The normalized spacial score (nSPS) is 11.0. The van der Waals surface area contributed by atoms with Gasteiger partial charge in [-0.25, -0.2) is 4.68 Å². The first-order chi connectivity index (χ1) is 11.5. The second-order valence-electron chi connectivity index (χ2n) is 4.90. The van der Waals surface area contributed by atoms with Crippen molar-refractivity contribution in [1.82, 2.24) is 9.66 Å². The molecular weight excluding hydrogens is 348 g/mol. The maximum Gasteiger partial charge on any atom is 0.288 e. The van der Waals surface area contributed by atoms with E-state index >= 15 is 0 Å². The van der Waals surface area contributed by atoms with E-state index in [9.17, 15) is 10.1 Å². The molecule has 6 nitrogen and oxygen atoms in total. The van der Waals surface area contributed by atoms with E-state index in [0.717, 1.165) is 11.3 Å². The van der Waals surface area contributed by atoms with E-state index in [2.05, 4.69) is 10.1 Å². The van der Waals surface area contributed by atoms with Gasteiger partial charge in [0.15, 0.2) is 4.77 Å². The van der Waals surface area contributed by atoms with Gasteiger partial charge >= 0.3 is 0 Å². The lowest BCUT2D eigenvalue weighted by molar-refractivity contribution is -0.384. The number of aromatic amines is 1. The van der Waals surface area contributed by atoms with Gasteiger partial charge in [0.05, 0.1) is 23.0 Å². The van der Waals surface area contributed by atoms with E-state index in [1.165, 1.54) is 23.0 Å². The molecule has 2 aromatic carbocycles. The Kier molecular flexibility index (Phi) is 4.54. The van der Waals surface area contributed by atoms with Gasteiger partial charge in [-0.2, -0.15) is 5.10 Å². The van der Waals surface area contributed by atoms with E-state index in [1.54, 1.807) is 12.3 Å². The standard InChI is InChI=1S/C16H11ClN4O2S/c17-13-7-6-11(8-15(13)21(22)23)9-18-20-10-14(19-16(20)24)12-4-2-1-3-5-12/h1-10H,(H,19,24). The van der Waals surface area contributed by atoms with Gasteiger partial charge in [-0.05, 0) is 23.8 Å². The molecule has 0 bridgehead atoms. The number of nitrogens with one attached hydrogen (secondary N) is 1. The van der Waals surface area contributed by atoms with Gasteiger partial charge in [-0.3, -0.25) is 10.1 Å². The fourth-order valence-electron chi connectivity index (χ4n) is 2.11. The Morgan fingerprint density at radius 3 is 2.71 bits per heavy atom. The van der Waals surface area contributed by atoms with Crippen LogP contribution in [0, 0.1) is 14.9 Å². The zero-order valence-electron chi connectivity index (χ0n) is 12.2. The Labute approximate surface area is 147 Å². The zero-order valence-corrected chi connectivity index (χ0v) is 13.8. The van der Waals surface area contributed by atoms with Gasteiger partial charge in [0.25, 0.3) is 5.69 Å². The molecule has 3 rings (SSSR count). The number of aromatic nitrogens is 2. The molecule has 0 amide bonds. The molecule has 24 heavy (non-hydrogen) atoms. The lowest BCUT2D eigenvalue weighted by Gasteiger charge is -1.97. The summed E-state index contributed by atoms with van der Waals surface area (Å²) in [5.41, 5.74) is 2.21. The van der Waals surface area contributed by atoms with Crippen LogP contribution in [-0.4, -0.2) is 20.8 Å². The topological polar surface area (TPSA) is 76.2 Å². The van der Waals surface area contributed by atoms with Crippen LogP contribution in [0.5, 0.6) is 0 Å². The number of rotatable bonds is 4. The zero-order chi connectivity index (χ0) is 17.1. The molecule has 1 aromatic heterocycles. The van der Waals surface area contributed by atoms with Crippen LogP contribution in [0.15, 0.2) is 59.8 Å². The molecule has 0 aliphatic carbocycles. The van der Waals surface area contributed by atoms with Crippen molar-refractivity contribution in [3.8, 4) is 11.3 Å². The molecule has 0 radical (unpaired) electrons. The minimum Gasteiger partial charge on any atom is -0.329 e. The third-order valence-corrected chi connectivity index (χ3v) is 3.89. The average molecular weight is 359 g/mol. The van der Waals surface area contributed by atoms with Crippen molar-refractivity contribution < 1.29 is 4.92 Å². The number of benzene rings is 2. The summed E-state index contributed by atoms with van der Waals surface area (Å²) in [6.07, 6.45) is 3.25. The average Bonchev–Trinajstić information content (AvgIpc) is 2.95. The van der Waals surface area contributed by atoms with E-state index in [1.807, 2.05) is 30.3 Å². The first-order valence-corrected chi connectivity index (χ1v) is 7.68. The van der Waals surface area contributed by atoms with Crippen LogP contribution < -0.4 is 0 Å². The number of hydrogen-bond acceptors (Lipinski definition) is 4.